The van der Waals surface area contributed by atoms with E-state index in [1.54, 1.807) is 6.33 Å². The van der Waals surface area contributed by atoms with Crippen molar-refractivity contribution in [3.8, 4) is 0 Å². The van der Waals surface area contributed by atoms with Crippen molar-refractivity contribution in [1.82, 2.24) is 9.97 Å². The van der Waals surface area contributed by atoms with Crippen molar-refractivity contribution in [1.29, 1.82) is 0 Å². The summed E-state index contributed by atoms with van der Waals surface area (Å²) in [6.45, 7) is 1.61. The fourth-order valence-corrected chi connectivity index (χ4v) is 2.45. The SMILES string of the molecule is O=C1CCN(c2cc(C3CCC3)ncn2)CC1. The summed E-state index contributed by atoms with van der Waals surface area (Å²) in [7, 11) is 0. The molecule has 1 aromatic heterocycles. The lowest BCUT2D eigenvalue weighted by atomic mass is 9.83. The zero-order valence-electron chi connectivity index (χ0n) is 9.93. The molecular formula is C13H17N3O. The molecule has 90 valence electrons. The van der Waals surface area contributed by atoms with Gasteiger partial charge in [0.1, 0.15) is 17.9 Å². The van der Waals surface area contributed by atoms with Gasteiger partial charge in [-0.3, -0.25) is 4.79 Å². The van der Waals surface area contributed by atoms with E-state index in [1.165, 1.54) is 25.0 Å². The number of Topliss-reactive ketones (excluding diaryl/α,β-unsaturated/α-hetero) is 1. The van der Waals surface area contributed by atoms with E-state index in [4.69, 9.17) is 0 Å². The number of anilines is 1. The van der Waals surface area contributed by atoms with Crippen molar-refractivity contribution in [3.63, 3.8) is 0 Å². The highest BCUT2D eigenvalue weighted by molar-refractivity contribution is 5.80. The van der Waals surface area contributed by atoms with Gasteiger partial charge in [-0.2, -0.15) is 0 Å². The average molecular weight is 231 g/mol. The van der Waals surface area contributed by atoms with Gasteiger partial charge in [0, 0.05) is 43.6 Å². The van der Waals surface area contributed by atoms with Crippen LogP contribution in [0.25, 0.3) is 0 Å². The molecule has 4 nitrogen and oxygen atoms in total. The number of aromatic nitrogens is 2. The van der Waals surface area contributed by atoms with Crippen molar-refractivity contribution in [3.05, 3.63) is 18.1 Å². The van der Waals surface area contributed by atoms with Gasteiger partial charge in [0.05, 0.1) is 0 Å². The Kier molecular flexibility index (Phi) is 2.79. The molecule has 0 atom stereocenters. The Hall–Kier alpha value is -1.45. The van der Waals surface area contributed by atoms with E-state index in [2.05, 4.69) is 20.9 Å². The molecule has 0 N–H and O–H groups in total. The van der Waals surface area contributed by atoms with Crippen LogP contribution in [0.3, 0.4) is 0 Å². The second-order valence-corrected chi connectivity index (χ2v) is 4.95. The molecule has 1 aliphatic carbocycles. The Morgan fingerprint density at radius 2 is 1.94 bits per heavy atom. The van der Waals surface area contributed by atoms with Gasteiger partial charge in [-0.05, 0) is 12.8 Å². The van der Waals surface area contributed by atoms with Crippen LogP contribution in [-0.2, 0) is 4.79 Å². The molecular weight excluding hydrogens is 214 g/mol. The Balaban J connectivity index is 1.75. The van der Waals surface area contributed by atoms with Crippen molar-refractivity contribution in [2.45, 2.75) is 38.0 Å². The summed E-state index contributed by atoms with van der Waals surface area (Å²) < 4.78 is 0. The summed E-state index contributed by atoms with van der Waals surface area (Å²) in [4.78, 5) is 22.1. The molecule has 0 bridgehead atoms. The normalized spacial score (nSPS) is 21.4. The van der Waals surface area contributed by atoms with Crippen molar-refractivity contribution in [2.24, 2.45) is 0 Å². The second kappa shape index (κ2) is 4.43. The molecule has 17 heavy (non-hydrogen) atoms. The summed E-state index contributed by atoms with van der Waals surface area (Å²) in [6.07, 6.45) is 6.82. The van der Waals surface area contributed by atoms with Crippen molar-refractivity contribution >= 4 is 11.6 Å². The van der Waals surface area contributed by atoms with Gasteiger partial charge in [-0.25, -0.2) is 9.97 Å². The quantitative estimate of drug-likeness (QED) is 0.780. The third-order valence-corrected chi connectivity index (χ3v) is 3.84. The lowest BCUT2D eigenvalue weighted by molar-refractivity contribution is -0.119. The van der Waals surface area contributed by atoms with Crippen LogP contribution < -0.4 is 4.90 Å². The summed E-state index contributed by atoms with van der Waals surface area (Å²) in [6, 6.07) is 2.11. The van der Waals surface area contributed by atoms with Crippen LogP contribution in [-0.4, -0.2) is 28.8 Å². The summed E-state index contributed by atoms with van der Waals surface area (Å²) >= 11 is 0. The van der Waals surface area contributed by atoms with Crippen LogP contribution in [0.15, 0.2) is 12.4 Å². The molecule has 2 heterocycles. The van der Waals surface area contributed by atoms with E-state index in [0.29, 0.717) is 24.5 Å². The van der Waals surface area contributed by atoms with Crippen LogP contribution in [0.1, 0.15) is 43.7 Å². The van der Waals surface area contributed by atoms with Gasteiger partial charge in [0.2, 0.25) is 0 Å². The summed E-state index contributed by atoms with van der Waals surface area (Å²) in [5, 5.41) is 0. The molecule has 4 heteroatoms. The number of rotatable bonds is 2. The minimum Gasteiger partial charge on any atom is -0.356 e. The molecule has 1 saturated carbocycles. The Bertz CT molecular complexity index is 418. The zero-order chi connectivity index (χ0) is 11.7. The molecule has 1 saturated heterocycles. The van der Waals surface area contributed by atoms with Gasteiger partial charge < -0.3 is 4.90 Å². The molecule has 0 unspecified atom stereocenters. The van der Waals surface area contributed by atoms with Gasteiger partial charge in [0.15, 0.2) is 0 Å². The van der Waals surface area contributed by atoms with Gasteiger partial charge in [-0.15, -0.1) is 0 Å². The predicted molar refractivity (Wildman–Crippen MR) is 65.1 cm³/mol. The first-order valence-corrected chi connectivity index (χ1v) is 6.41. The number of carbonyl (C=O) groups is 1. The van der Waals surface area contributed by atoms with E-state index in [9.17, 15) is 4.79 Å². The van der Waals surface area contributed by atoms with E-state index in [-0.39, 0.29) is 0 Å². The lowest BCUT2D eigenvalue weighted by Gasteiger charge is -2.29. The number of piperidine rings is 1. The monoisotopic (exact) mass is 231 g/mol. The first kappa shape index (κ1) is 10.7. The summed E-state index contributed by atoms with van der Waals surface area (Å²) in [5.74, 6) is 2.01. The molecule has 1 aliphatic heterocycles. The molecule has 0 radical (unpaired) electrons. The zero-order valence-corrected chi connectivity index (χ0v) is 9.93. The summed E-state index contributed by atoms with van der Waals surface area (Å²) in [5.41, 5.74) is 1.18. The number of ketones is 1. The Morgan fingerprint density at radius 3 is 2.59 bits per heavy atom. The van der Waals surface area contributed by atoms with E-state index >= 15 is 0 Å². The number of hydrogen-bond donors (Lipinski definition) is 0. The maximum atomic E-state index is 11.2. The fourth-order valence-electron chi connectivity index (χ4n) is 2.45. The maximum absolute atomic E-state index is 11.2. The average Bonchev–Trinajstić information content (AvgIpc) is 2.28. The van der Waals surface area contributed by atoms with E-state index in [1.807, 2.05) is 0 Å². The van der Waals surface area contributed by atoms with Gasteiger partial charge in [-0.1, -0.05) is 6.42 Å². The number of hydrogen-bond acceptors (Lipinski definition) is 4. The molecule has 1 aromatic rings. The number of carbonyl (C=O) groups excluding carboxylic acids is 1. The van der Waals surface area contributed by atoms with E-state index < -0.39 is 0 Å². The molecule has 2 fully saturated rings. The largest absolute Gasteiger partial charge is 0.356 e. The second-order valence-electron chi connectivity index (χ2n) is 4.95. The van der Waals surface area contributed by atoms with Crippen molar-refractivity contribution in [2.75, 3.05) is 18.0 Å². The maximum Gasteiger partial charge on any atom is 0.136 e. The minimum atomic E-state index is 0.370. The molecule has 0 spiro atoms. The lowest BCUT2D eigenvalue weighted by Crippen LogP contribution is -2.34. The fraction of sp³-hybridized carbons (Fsp3) is 0.615. The van der Waals surface area contributed by atoms with Crippen LogP contribution >= 0.6 is 0 Å². The smallest absolute Gasteiger partial charge is 0.136 e. The van der Waals surface area contributed by atoms with Crippen LogP contribution in [0.4, 0.5) is 5.82 Å². The highest BCUT2D eigenvalue weighted by Gasteiger charge is 2.23. The van der Waals surface area contributed by atoms with Crippen LogP contribution in [0.2, 0.25) is 0 Å². The third-order valence-electron chi connectivity index (χ3n) is 3.84. The number of nitrogens with zero attached hydrogens (tertiary/aromatic N) is 3. The van der Waals surface area contributed by atoms with Crippen molar-refractivity contribution < 1.29 is 4.79 Å². The third kappa shape index (κ3) is 2.16. The highest BCUT2D eigenvalue weighted by atomic mass is 16.1. The molecule has 0 aromatic carbocycles. The van der Waals surface area contributed by atoms with Crippen LogP contribution in [0, 0.1) is 0 Å². The Labute approximate surface area is 101 Å². The molecule has 3 rings (SSSR count). The minimum absolute atomic E-state index is 0.370. The predicted octanol–water partition coefficient (Wildman–Crippen LogP) is 1.91. The topological polar surface area (TPSA) is 46.1 Å². The highest BCUT2D eigenvalue weighted by Crippen LogP contribution is 2.35. The van der Waals surface area contributed by atoms with Gasteiger partial charge >= 0.3 is 0 Å². The van der Waals surface area contributed by atoms with Gasteiger partial charge in [0.25, 0.3) is 0 Å². The molecule has 2 aliphatic rings. The standard InChI is InChI=1S/C13H17N3O/c17-11-4-6-16(7-5-11)13-8-12(14-9-15-13)10-2-1-3-10/h8-10H,1-7H2. The first-order chi connectivity index (χ1) is 8.33. The molecule has 0 amide bonds. The first-order valence-electron chi connectivity index (χ1n) is 6.41. The Morgan fingerprint density at radius 1 is 1.18 bits per heavy atom. The van der Waals surface area contributed by atoms with E-state index in [0.717, 1.165) is 18.9 Å². The van der Waals surface area contributed by atoms with Crippen LogP contribution in [0.5, 0.6) is 0 Å².